The van der Waals surface area contributed by atoms with Crippen molar-refractivity contribution < 1.29 is 0 Å². The summed E-state index contributed by atoms with van der Waals surface area (Å²) in [5.74, 6) is 2.01. The van der Waals surface area contributed by atoms with Gasteiger partial charge in [-0.3, -0.25) is 0 Å². The molecule has 0 radical (unpaired) electrons. The molecule has 1 heterocycles. The number of anilines is 1. The molecule has 0 aromatic carbocycles. The normalized spacial score (nSPS) is 28.1. The maximum absolute atomic E-state index is 5.96. The van der Waals surface area contributed by atoms with Crippen LogP contribution >= 0.6 is 11.6 Å². The molecule has 2 nitrogen and oxygen atoms in total. The van der Waals surface area contributed by atoms with Crippen LogP contribution in [0.4, 0.5) is 5.69 Å². The molecule has 2 aliphatic rings. The number of aromatic nitrogens is 1. The van der Waals surface area contributed by atoms with E-state index >= 15 is 0 Å². The van der Waals surface area contributed by atoms with Crippen molar-refractivity contribution in [3.05, 3.63) is 23.0 Å². The molecule has 1 aromatic rings. The van der Waals surface area contributed by atoms with Gasteiger partial charge in [0.05, 0.1) is 11.9 Å². The van der Waals surface area contributed by atoms with Gasteiger partial charge in [-0.1, -0.05) is 24.4 Å². The van der Waals surface area contributed by atoms with Crippen LogP contribution in [0.2, 0.25) is 5.15 Å². The van der Waals surface area contributed by atoms with Crippen LogP contribution in [0.25, 0.3) is 0 Å². The first-order valence-corrected chi connectivity index (χ1v) is 7.49. The highest BCUT2D eigenvalue weighted by atomic mass is 35.5. The summed E-state index contributed by atoms with van der Waals surface area (Å²) in [4.78, 5) is 4.21. The number of hydrogen-bond donors (Lipinski definition) is 1. The van der Waals surface area contributed by atoms with E-state index in [2.05, 4.69) is 16.4 Å². The zero-order chi connectivity index (χ0) is 12.5. The van der Waals surface area contributed by atoms with Crippen LogP contribution in [0.5, 0.6) is 0 Å². The van der Waals surface area contributed by atoms with E-state index in [1.54, 1.807) is 0 Å². The summed E-state index contributed by atoms with van der Waals surface area (Å²) in [5.41, 5.74) is 2.18. The molecule has 1 aromatic heterocycles. The lowest BCUT2D eigenvalue weighted by molar-refractivity contribution is 0.303. The molecule has 0 spiro atoms. The highest BCUT2D eigenvalue weighted by Crippen LogP contribution is 2.44. The van der Waals surface area contributed by atoms with Gasteiger partial charge in [-0.2, -0.15) is 0 Å². The van der Waals surface area contributed by atoms with Crippen LogP contribution in [0, 0.1) is 18.8 Å². The molecular formula is C15H21ClN2. The summed E-state index contributed by atoms with van der Waals surface area (Å²) in [6.07, 6.45) is 10.3. The monoisotopic (exact) mass is 264 g/mol. The number of hydrogen-bond acceptors (Lipinski definition) is 2. The van der Waals surface area contributed by atoms with Crippen LogP contribution in [0.15, 0.2) is 12.3 Å². The number of nitrogens with one attached hydrogen (secondary N) is 1. The Kier molecular flexibility index (Phi) is 3.47. The standard InChI is InChI=1S/C15H21ClN2/c1-10-7-14(9-17-15(10)16)18-13-4-2-3-12(8-13)11-5-6-11/h7,9,11-13,18H,2-6,8H2,1H3. The van der Waals surface area contributed by atoms with Gasteiger partial charge in [0.1, 0.15) is 5.15 Å². The van der Waals surface area contributed by atoms with Gasteiger partial charge in [-0.25, -0.2) is 4.98 Å². The Balaban J connectivity index is 1.62. The minimum Gasteiger partial charge on any atom is -0.381 e. The highest BCUT2D eigenvalue weighted by Gasteiger charge is 2.34. The largest absolute Gasteiger partial charge is 0.381 e. The minimum atomic E-state index is 0.611. The van der Waals surface area contributed by atoms with Gasteiger partial charge < -0.3 is 5.32 Å². The predicted molar refractivity (Wildman–Crippen MR) is 76.1 cm³/mol. The number of pyridine rings is 1. The predicted octanol–water partition coefficient (Wildman–Crippen LogP) is 4.42. The van der Waals surface area contributed by atoms with Gasteiger partial charge in [-0.05, 0) is 56.1 Å². The summed E-state index contributed by atoms with van der Waals surface area (Å²) in [5, 5.41) is 4.25. The molecule has 18 heavy (non-hydrogen) atoms. The minimum absolute atomic E-state index is 0.611. The average molecular weight is 265 g/mol. The zero-order valence-corrected chi connectivity index (χ0v) is 11.7. The maximum atomic E-state index is 5.96. The Bertz CT molecular complexity index is 429. The summed E-state index contributed by atoms with van der Waals surface area (Å²) in [6, 6.07) is 2.74. The van der Waals surface area contributed by atoms with Crippen LogP contribution in [-0.2, 0) is 0 Å². The first-order chi connectivity index (χ1) is 8.72. The van der Waals surface area contributed by atoms with E-state index < -0.39 is 0 Å². The number of halogens is 1. The third-order valence-electron chi connectivity index (χ3n) is 4.39. The topological polar surface area (TPSA) is 24.9 Å². The average Bonchev–Trinajstić information content (AvgIpc) is 3.18. The lowest BCUT2D eigenvalue weighted by Crippen LogP contribution is -2.28. The van der Waals surface area contributed by atoms with E-state index in [9.17, 15) is 0 Å². The summed E-state index contributed by atoms with van der Waals surface area (Å²) >= 11 is 5.96. The molecule has 2 aliphatic carbocycles. The number of rotatable bonds is 3. The smallest absolute Gasteiger partial charge is 0.132 e. The number of aryl methyl sites for hydroxylation is 1. The van der Waals surface area contributed by atoms with Crippen LogP contribution in [-0.4, -0.2) is 11.0 Å². The summed E-state index contributed by atoms with van der Waals surface area (Å²) in [6.45, 7) is 2.01. The molecular weight excluding hydrogens is 244 g/mol. The summed E-state index contributed by atoms with van der Waals surface area (Å²) in [7, 11) is 0. The van der Waals surface area contributed by atoms with Crippen LogP contribution in [0.1, 0.15) is 44.1 Å². The number of nitrogens with zero attached hydrogens (tertiary/aromatic N) is 1. The Labute approximate surface area is 114 Å². The lowest BCUT2D eigenvalue weighted by Gasteiger charge is -2.30. The molecule has 2 atom stereocenters. The fourth-order valence-corrected chi connectivity index (χ4v) is 3.33. The van der Waals surface area contributed by atoms with Gasteiger partial charge in [0.25, 0.3) is 0 Å². The Morgan fingerprint density at radius 1 is 1.22 bits per heavy atom. The first kappa shape index (κ1) is 12.3. The third-order valence-corrected chi connectivity index (χ3v) is 4.78. The molecule has 0 bridgehead atoms. The first-order valence-electron chi connectivity index (χ1n) is 7.11. The van der Waals surface area contributed by atoms with E-state index in [0.717, 1.165) is 23.1 Å². The van der Waals surface area contributed by atoms with Gasteiger partial charge in [0.15, 0.2) is 0 Å². The molecule has 0 amide bonds. The molecule has 2 unspecified atom stereocenters. The molecule has 0 aliphatic heterocycles. The summed E-state index contributed by atoms with van der Waals surface area (Å²) < 4.78 is 0. The molecule has 2 saturated carbocycles. The van der Waals surface area contributed by atoms with E-state index in [-0.39, 0.29) is 0 Å². The second-order valence-electron chi connectivity index (χ2n) is 5.94. The maximum Gasteiger partial charge on any atom is 0.132 e. The van der Waals surface area contributed by atoms with Crippen molar-refractivity contribution in [3.63, 3.8) is 0 Å². The fourth-order valence-electron chi connectivity index (χ4n) is 3.23. The lowest BCUT2D eigenvalue weighted by atomic mass is 9.82. The Morgan fingerprint density at radius 3 is 2.78 bits per heavy atom. The molecule has 3 rings (SSSR count). The molecule has 1 N–H and O–H groups in total. The van der Waals surface area contributed by atoms with Gasteiger partial charge in [0.2, 0.25) is 0 Å². The molecule has 3 heteroatoms. The third kappa shape index (κ3) is 2.80. The Morgan fingerprint density at radius 2 is 2.06 bits per heavy atom. The molecule has 98 valence electrons. The van der Waals surface area contributed by atoms with Crippen molar-refractivity contribution in [2.75, 3.05) is 5.32 Å². The SMILES string of the molecule is Cc1cc(NC2CCCC(C3CC3)C2)cnc1Cl. The molecule has 0 saturated heterocycles. The van der Waals surface area contributed by atoms with E-state index in [1.165, 1.54) is 38.5 Å². The van der Waals surface area contributed by atoms with Crippen molar-refractivity contribution in [2.45, 2.75) is 51.5 Å². The fraction of sp³-hybridized carbons (Fsp3) is 0.667. The highest BCUT2D eigenvalue weighted by molar-refractivity contribution is 6.30. The van der Waals surface area contributed by atoms with Crippen molar-refractivity contribution in [3.8, 4) is 0 Å². The second-order valence-corrected chi connectivity index (χ2v) is 6.30. The van der Waals surface area contributed by atoms with Crippen molar-refractivity contribution in [1.29, 1.82) is 0 Å². The quantitative estimate of drug-likeness (QED) is 0.818. The van der Waals surface area contributed by atoms with E-state index in [0.29, 0.717) is 11.2 Å². The van der Waals surface area contributed by atoms with Crippen molar-refractivity contribution in [1.82, 2.24) is 4.98 Å². The Hall–Kier alpha value is -0.760. The zero-order valence-electron chi connectivity index (χ0n) is 11.0. The van der Waals surface area contributed by atoms with Crippen molar-refractivity contribution >= 4 is 17.3 Å². The van der Waals surface area contributed by atoms with Gasteiger partial charge >= 0.3 is 0 Å². The second kappa shape index (κ2) is 5.08. The van der Waals surface area contributed by atoms with Crippen LogP contribution < -0.4 is 5.32 Å². The van der Waals surface area contributed by atoms with E-state index in [4.69, 9.17) is 11.6 Å². The van der Waals surface area contributed by atoms with Gasteiger partial charge in [-0.15, -0.1) is 0 Å². The molecule has 2 fully saturated rings. The van der Waals surface area contributed by atoms with E-state index in [1.807, 2.05) is 13.1 Å². The van der Waals surface area contributed by atoms with Crippen molar-refractivity contribution in [2.24, 2.45) is 11.8 Å². The van der Waals surface area contributed by atoms with Gasteiger partial charge in [0, 0.05) is 6.04 Å². The van der Waals surface area contributed by atoms with Crippen LogP contribution in [0.3, 0.4) is 0 Å².